The minimum Gasteiger partial charge on any atom is -0.395 e. The van der Waals surface area contributed by atoms with E-state index >= 15 is 0 Å². The monoisotopic (exact) mass is 330 g/mol. The van der Waals surface area contributed by atoms with E-state index in [4.69, 9.17) is 21.8 Å². The van der Waals surface area contributed by atoms with Crippen molar-refractivity contribution in [3.05, 3.63) is 64.7 Å². The van der Waals surface area contributed by atoms with Crippen molar-refractivity contribution in [1.82, 2.24) is 0 Å². The molecule has 23 heavy (non-hydrogen) atoms. The van der Waals surface area contributed by atoms with Crippen LogP contribution < -0.4 is 4.90 Å². The van der Waals surface area contributed by atoms with Crippen molar-refractivity contribution in [2.24, 2.45) is 0 Å². The van der Waals surface area contributed by atoms with Crippen LogP contribution in [0.15, 0.2) is 48.5 Å². The van der Waals surface area contributed by atoms with E-state index in [0.29, 0.717) is 18.1 Å². The highest BCUT2D eigenvalue weighted by Gasteiger charge is 2.14. The van der Waals surface area contributed by atoms with Crippen molar-refractivity contribution in [2.45, 2.75) is 5.92 Å². The number of aliphatic hydroxyl groups excluding tert-OH is 2. The van der Waals surface area contributed by atoms with Gasteiger partial charge in [0.2, 0.25) is 0 Å². The summed E-state index contributed by atoms with van der Waals surface area (Å²) in [6, 6.07) is 17.2. The molecule has 0 saturated carbocycles. The van der Waals surface area contributed by atoms with Crippen LogP contribution in [-0.2, 0) is 0 Å². The van der Waals surface area contributed by atoms with Crippen molar-refractivity contribution in [3.8, 4) is 6.07 Å². The van der Waals surface area contributed by atoms with E-state index in [-0.39, 0.29) is 19.1 Å². The summed E-state index contributed by atoms with van der Waals surface area (Å²) in [5.41, 5.74) is 2.70. The number of hydrogen-bond donors (Lipinski definition) is 2. The quantitative estimate of drug-likeness (QED) is 0.819. The Bertz CT molecular complexity index is 644. The molecule has 0 saturated heterocycles. The van der Waals surface area contributed by atoms with Gasteiger partial charge in [0.25, 0.3) is 0 Å². The average molecular weight is 331 g/mol. The summed E-state index contributed by atoms with van der Waals surface area (Å²) in [7, 11) is 0. The summed E-state index contributed by atoms with van der Waals surface area (Å²) in [5.74, 6) is -0.356. The third-order valence-electron chi connectivity index (χ3n) is 3.66. The number of hydrogen-bond acceptors (Lipinski definition) is 4. The number of benzene rings is 2. The van der Waals surface area contributed by atoms with Crippen LogP contribution in [0, 0.1) is 11.3 Å². The molecule has 2 N–H and O–H groups in total. The summed E-state index contributed by atoms with van der Waals surface area (Å²) < 4.78 is 0. The number of halogens is 1. The highest BCUT2D eigenvalue weighted by atomic mass is 35.5. The molecular formula is C18H19ClN2O2. The fourth-order valence-electron chi connectivity index (χ4n) is 2.49. The first-order chi connectivity index (χ1) is 11.2. The fraction of sp³-hybridized carbons (Fsp3) is 0.278. The third kappa shape index (κ3) is 4.46. The van der Waals surface area contributed by atoms with Gasteiger partial charge in [0, 0.05) is 23.8 Å². The molecule has 2 rings (SSSR count). The molecular weight excluding hydrogens is 312 g/mol. The van der Waals surface area contributed by atoms with Gasteiger partial charge in [-0.3, -0.25) is 0 Å². The summed E-state index contributed by atoms with van der Waals surface area (Å²) >= 11 is 5.89. The molecule has 0 aliphatic heterocycles. The van der Waals surface area contributed by atoms with Crippen molar-refractivity contribution in [1.29, 1.82) is 5.26 Å². The van der Waals surface area contributed by atoms with Crippen LogP contribution in [0.2, 0.25) is 5.02 Å². The van der Waals surface area contributed by atoms with E-state index in [1.807, 2.05) is 41.3 Å². The van der Waals surface area contributed by atoms with Gasteiger partial charge < -0.3 is 15.1 Å². The topological polar surface area (TPSA) is 67.5 Å². The molecule has 0 aromatic heterocycles. The molecule has 0 amide bonds. The van der Waals surface area contributed by atoms with Crippen molar-refractivity contribution in [2.75, 3.05) is 31.2 Å². The van der Waals surface area contributed by atoms with Gasteiger partial charge in [0.05, 0.1) is 25.2 Å². The largest absolute Gasteiger partial charge is 0.395 e. The van der Waals surface area contributed by atoms with Crippen molar-refractivity contribution >= 4 is 17.3 Å². The molecule has 2 aromatic carbocycles. The minimum absolute atomic E-state index is 0.0212. The number of nitrogens with zero attached hydrogens (tertiary/aromatic N) is 2. The molecule has 2 aromatic rings. The SMILES string of the molecule is N#CC(c1ccc(Cl)cc1)c1ccc(N(CCO)CCO)cc1. The van der Waals surface area contributed by atoms with Gasteiger partial charge in [-0.25, -0.2) is 0 Å². The van der Waals surface area contributed by atoms with Crippen LogP contribution in [0.1, 0.15) is 17.0 Å². The van der Waals surface area contributed by atoms with Crippen molar-refractivity contribution < 1.29 is 10.2 Å². The average Bonchev–Trinajstić information content (AvgIpc) is 2.58. The first kappa shape index (κ1) is 17.3. The Balaban J connectivity index is 2.23. The summed E-state index contributed by atoms with van der Waals surface area (Å²) in [6.07, 6.45) is 0. The van der Waals surface area contributed by atoms with E-state index in [1.54, 1.807) is 12.1 Å². The summed E-state index contributed by atoms with van der Waals surface area (Å²) in [6.45, 7) is 0.957. The number of anilines is 1. The van der Waals surface area contributed by atoms with Gasteiger partial charge in [0.15, 0.2) is 0 Å². The van der Waals surface area contributed by atoms with E-state index in [0.717, 1.165) is 16.8 Å². The molecule has 1 unspecified atom stereocenters. The molecule has 0 heterocycles. The van der Waals surface area contributed by atoms with Gasteiger partial charge in [-0.15, -0.1) is 0 Å². The Morgan fingerprint density at radius 1 is 0.913 bits per heavy atom. The van der Waals surface area contributed by atoms with Gasteiger partial charge in [-0.1, -0.05) is 35.9 Å². The van der Waals surface area contributed by atoms with Crippen LogP contribution in [-0.4, -0.2) is 36.5 Å². The molecule has 0 spiro atoms. The van der Waals surface area contributed by atoms with E-state index in [2.05, 4.69) is 6.07 Å². The van der Waals surface area contributed by atoms with Crippen LogP contribution >= 0.6 is 11.6 Å². The first-order valence-corrected chi connectivity index (χ1v) is 7.79. The van der Waals surface area contributed by atoms with Crippen LogP contribution in [0.4, 0.5) is 5.69 Å². The Labute approximate surface area is 141 Å². The Hall–Kier alpha value is -2.06. The maximum Gasteiger partial charge on any atom is 0.0962 e. The second-order valence-electron chi connectivity index (χ2n) is 5.14. The van der Waals surface area contributed by atoms with Gasteiger partial charge in [0.1, 0.15) is 0 Å². The lowest BCUT2D eigenvalue weighted by molar-refractivity contribution is 0.281. The predicted molar refractivity (Wildman–Crippen MR) is 91.7 cm³/mol. The molecule has 0 aliphatic rings. The van der Waals surface area contributed by atoms with Crippen LogP contribution in [0.3, 0.4) is 0 Å². The minimum atomic E-state index is -0.356. The normalized spacial score (nSPS) is 11.7. The predicted octanol–water partition coefficient (Wildman–Crippen LogP) is 2.79. The summed E-state index contributed by atoms with van der Waals surface area (Å²) in [5, 5.41) is 28.3. The second kappa shape index (κ2) is 8.54. The highest BCUT2D eigenvalue weighted by molar-refractivity contribution is 6.30. The zero-order chi connectivity index (χ0) is 16.7. The molecule has 0 fully saturated rings. The Kier molecular flexibility index (Phi) is 6.42. The molecule has 0 bridgehead atoms. The number of rotatable bonds is 7. The zero-order valence-corrected chi connectivity index (χ0v) is 13.4. The Morgan fingerprint density at radius 2 is 1.39 bits per heavy atom. The summed E-state index contributed by atoms with van der Waals surface area (Å²) in [4.78, 5) is 1.90. The van der Waals surface area contributed by atoms with Crippen LogP contribution in [0.25, 0.3) is 0 Å². The van der Waals surface area contributed by atoms with Gasteiger partial charge in [-0.05, 0) is 35.4 Å². The van der Waals surface area contributed by atoms with Gasteiger partial charge >= 0.3 is 0 Å². The molecule has 0 radical (unpaired) electrons. The zero-order valence-electron chi connectivity index (χ0n) is 12.7. The molecule has 1 atom stereocenters. The lowest BCUT2D eigenvalue weighted by atomic mass is 9.92. The lowest BCUT2D eigenvalue weighted by Gasteiger charge is -2.23. The maximum absolute atomic E-state index is 9.49. The molecule has 4 nitrogen and oxygen atoms in total. The smallest absolute Gasteiger partial charge is 0.0962 e. The standard InChI is InChI=1S/C18H19ClN2O2/c19-16-5-1-14(2-6-16)18(13-20)15-3-7-17(8-4-15)21(9-11-22)10-12-23/h1-8,18,22-23H,9-12H2. The lowest BCUT2D eigenvalue weighted by Crippen LogP contribution is -2.29. The molecule has 120 valence electrons. The number of aliphatic hydroxyl groups is 2. The third-order valence-corrected chi connectivity index (χ3v) is 3.92. The maximum atomic E-state index is 9.49. The fourth-order valence-corrected chi connectivity index (χ4v) is 2.61. The van der Waals surface area contributed by atoms with Crippen LogP contribution in [0.5, 0.6) is 0 Å². The van der Waals surface area contributed by atoms with E-state index in [1.165, 1.54) is 0 Å². The second-order valence-corrected chi connectivity index (χ2v) is 5.58. The van der Waals surface area contributed by atoms with E-state index < -0.39 is 0 Å². The molecule has 5 heteroatoms. The van der Waals surface area contributed by atoms with Crippen molar-refractivity contribution in [3.63, 3.8) is 0 Å². The highest BCUT2D eigenvalue weighted by Crippen LogP contribution is 2.27. The van der Waals surface area contributed by atoms with E-state index in [9.17, 15) is 5.26 Å². The molecule has 0 aliphatic carbocycles. The number of nitriles is 1. The first-order valence-electron chi connectivity index (χ1n) is 7.41. The van der Waals surface area contributed by atoms with Gasteiger partial charge in [-0.2, -0.15) is 5.26 Å². The Morgan fingerprint density at radius 3 is 1.83 bits per heavy atom.